The maximum absolute atomic E-state index is 4.50. The highest BCUT2D eigenvalue weighted by atomic mass is 14.7. The average molecular weight is 186 g/mol. The number of rotatable bonds is 0. The van der Waals surface area contributed by atoms with Crippen molar-refractivity contribution in [1.29, 1.82) is 0 Å². The molecule has 0 aliphatic heterocycles. The van der Waals surface area contributed by atoms with Crippen LogP contribution < -0.4 is 0 Å². The van der Waals surface area contributed by atoms with Crippen molar-refractivity contribution in [3.05, 3.63) is 40.7 Å². The Balaban J connectivity index is 1.99. The minimum atomic E-state index is 0.531. The normalized spacial score (nSPS) is 17.1. The molecule has 0 radical (unpaired) electrons. The summed E-state index contributed by atoms with van der Waals surface area (Å²) in [5.74, 6) is 0. The summed E-state index contributed by atoms with van der Waals surface area (Å²) in [5.41, 5.74) is 1.10. The number of hydrogen-bond donors (Lipinski definition) is 0. The van der Waals surface area contributed by atoms with Gasteiger partial charge in [-0.2, -0.15) is 0 Å². The van der Waals surface area contributed by atoms with E-state index in [1.54, 1.807) is 0 Å². The van der Waals surface area contributed by atoms with Crippen molar-refractivity contribution in [3.63, 3.8) is 0 Å². The van der Waals surface area contributed by atoms with Crippen molar-refractivity contribution < 1.29 is 0 Å². The lowest BCUT2D eigenvalue weighted by Gasteiger charge is -2.07. The number of hydrogen-bond acceptors (Lipinski definition) is 0. The van der Waals surface area contributed by atoms with E-state index in [0.29, 0.717) is 6.04 Å². The molecule has 0 saturated heterocycles. The van der Waals surface area contributed by atoms with E-state index in [9.17, 15) is 0 Å². The molecule has 0 heterocycles. The second-order valence-electron chi connectivity index (χ2n) is 3.90. The lowest BCUT2D eigenvalue weighted by Crippen LogP contribution is -2.06. The van der Waals surface area contributed by atoms with Crippen LogP contribution in [0.4, 0.5) is 0 Å². The van der Waals surface area contributed by atoms with Gasteiger partial charge in [0.05, 0.1) is 0 Å². The molecule has 1 fully saturated rings. The minimum absolute atomic E-state index is 0.531. The summed E-state index contributed by atoms with van der Waals surface area (Å²) in [5, 5.41) is 0. The van der Waals surface area contributed by atoms with Gasteiger partial charge >= 0.3 is 6.07 Å². The summed E-state index contributed by atoms with van der Waals surface area (Å²) in [7, 11) is 0. The van der Waals surface area contributed by atoms with Crippen LogP contribution in [-0.4, -0.2) is 6.04 Å². The molecule has 1 aliphatic carbocycles. The average Bonchev–Trinajstić information content (AvgIpc) is 2.29. The molecule has 72 valence electrons. The third-order valence-electron chi connectivity index (χ3n) is 2.72. The molecule has 0 atom stereocenters. The Morgan fingerprint density at radius 3 is 2.43 bits per heavy atom. The van der Waals surface area contributed by atoms with Crippen LogP contribution in [0.25, 0.3) is 4.85 Å². The smallest absolute Gasteiger partial charge is 0.0747 e. The summed E-state index contributed by atoms with van der Waals surface area (Å²) in [6.45, 7) is 0. The Bertz CT molecular complexity index is 325. The van der Waals surface area contributed by atoms with Gasteiger partial charge in [-0.05, 0) is 25.0 Å². The summed E-state index contributed by atoms with van der Waals surface area (Å²) >= 11 is 0. The van der Waals surface area contributed by atoms with E-state index in [1.165, 1.54) is 32.1 Å². The first-order valence-corrected chi connectivity index (χ1v) is 5.46. The topological polar surface area (TPSA) is 4.36 Å². The highest BCUT2D eigenvalue weighted by molar-refractivity contribution is 5.31. The summed E-state index contributed by atoms with van der Waals surface area (Å²) in [4.78, 5) is 4.50. The lowest BCUT2D eigenvalue weighted by atomic mass is 9.96. The molecule has 1 nitrogen and oxygen atoms in total. The molecule has 0 unspecified atom stereocenters. The highest BCUT2D eigenvalue weighted by Gasteiger charge is 2.20. The van der Waals surface area contributed by atoms with Crippen LogP contribution in [0.5, 0.6) is 0 Å². The van der Waals surface area contributed by atoms with Gasteiger partial charge in [-0.1, -0.05) is 29.5 Å². The molecular formula is C13H16N+. The summed E-state index contributed by atoms with van der Waals surface area (Å²) in [6, 6.07) is 13.8. The van der Waals surface area contributed by atoms with Crippen LogP contribution in [0.2, 0.25) is 0 Å². The van der Waals surface area contributed by atoms with Gasteiger partial charge in [0.2, 0.25) is 0 Å². The predicted octanol–water partition coefficient (Wildman–Crippen LogP) is 3.70. The third kappa shape index (κ3) is 2.60. The Labute approximate surface area is 85.6 Å². The standard InChI is InChI=1S/C13H16N/c1-3-7-12(8-4-1)11-14-13-9-5-2-6-10-13/h1,3-4,7-8,13H,2,5-6,9-10H2/q+1. The van der Waals surface area contributed by atoms with E-state index in [1.807, 2.05) is 30.3 Å². The molecule has 0 N–H and O–H groups in total. The van der Waals surface area contributed by atoms with Gasteiger partial charge in [-0.15, -0.1) is 0 Å². The molecule has 0 bridgehead atoms. The van der Waals surface area contributed by atoms with Crippen LogP contribution in [-0.2, 0) is 0 Å². The monoisotopic (exact) mass is 186 g/mol. The molecule has 1 aromatic rings. The van der Waals surface area contributed by atoms with Crippen LogP contribution >= 0.6 is 0 Å². The Morgan fingerprint density at radius 2 is 1.71 bits per heavy atom. The second-order valence-corrected chi connectivity index (χ2v) is 3.90. The predicted molar refractivity (Wildman–Crippen MR) is 59.7 cm³/mol. The fourth-order valence-corrected chi connectivity index (χ4v) is 1.89. The van der Waals surface area contributed by atoms with Crippen LogP contribution in [0.1, 0.15) is 37.7 Å². The van der Waals surface area contributed by atoms with E-state index in [2.05, 4.69) is 10.9 Å². The SMILES string of the molecule is C(#[N+]C1CCCCC1)c1ccccc1. The van der Waals surface area contributed by atoms with Crippen molar-refractivity contribution in [2.45, 2.75) is 38.1 Å². The van der Waals surface area contributed by atoms with Crippen LogP contribution in [0.15, 0.2) is 30.3 Å². The zero-order valence-electron chi connectivity index (χ0n) is 8.45. The second kappa shape index (κ2) is 4.81. The summed E-state index contributed by atoms with van der Waals surface area (Å²) < 4.78 is 0. The van der Waals surface area contributed by atoms with Crippen LogP contribution in [0, 0.1) is 6.07 Å². The zero-order chi connectivity index (χ0) is 9.64. The van der Waals surface area contributed by atoms with Gasteiger partial charge in [-0.3, -0.25) is 0 Å². The van der Waals surface area contributed by atoms with Crippen molar-refractivity contribution in [2.24, 2.45) is 0 Å². The van der Waals surface area contributed by atoms with Gasteiger partial charge in [-0.25, -0.2) is 0 Å². The molecule has 0 spiro atoms. The Kier molecular flexibility index (Phi) is 3.19. The van der Waals surface area contributed by atoms with E-state index in [-0.39, 0.29) is 0 Å². The van der Waals surface area contributed by atoms with Gasteiger partial charge in [0, 0.05) is 12.8 Å². The molecule has 0 aromatic heterocycles. The third-order valence-corrected chi connectivity index (χ3v) is 2.72. The Morgan fingerprint density at radius 1 is 1.00 bits per heavy atom. The van der Waals surface area contributed by atoms with E-state index in [4.69, 9.17) is 0 Å². The molecule has 0 amide bonds. The maximum atomic E-state index is 4.50. The fourth-order valence-electron chi connectivity index (χ4n) is 1.89. The first kappa shape index (κ1) is 9.27. The van der Waals surface area contributed by atoms with Gasteiger partial charge in [0.25, 0.3) is 6.04 Å². The highest BCUT2D eigenvalue weighted by Crippen LogP contribution is 2.20. The van der Waals surface area contributed by atoms with Crippen LogP contribution in [0.3, 0.4) is 0 Å². The fraction of sp³-hybridized carbons (Fsp3) is 0.462. The van der Waals surface area contributed by atoms with E-state index < -0.39 is 0 Å². The maximum Gasteiger partial charge on any atom is 0.311 e. The van der Waals surface area contributed by atoms with E-state index in [0.717, 1.165) is 5.56 Å². The first-order valence-electron chi connectivity index (χ1n) is 5.46. The van der Waals surface area contributed by atoms with Crippen molar-refractivity contribution in [2.75, 3.05) is 0 Å². The molecule has 1 saturated carbocycles. The molecule has 1 heteroatoms. The van der Waals surface area contributed by atoms with Gasteiger partial charge in [0.1, 0.15) is 5.56 Å². The van der Waals surface area contributed by atoms with Crippen molar-refractivity contribution >= 4 is 0 Å². The van der Waals surface area contributed by atoms with Crippen molar-refractivity contribution in [3.8, 4) is 6.07 Å². The lowest BCUT2D eigenvalue weighted by molar-refractivity contribution is 0.480. The molecule has 1 aromatic carbocycles. The Hall–Kier alpha value is -1.29. The van der Waals surface area contributed by atoms with Gasteiger partial charge in [0.15, 0.2) is 0 Å². The molecule has 1 aliphatic rings. The summed E-state index contributed by atoms with van der Waals surface area (Å²) in [6.07, 6.45) is 6.56. The van der Waals surface area contributed by atoms with Crippen molar-refractivity contribution in [1.82, 2.24) is 0 Å². The van der Waals surface area contributed by atoms with Gasteiger partial charge < -0.3 is 0 Å². The number of benzene rings is 1. The van der Waals surface area contributed by atoms with E-state index >= 15 is 0 Å². The number of nitrogens with zero attached hydrogens (tertiary/aromatic N) is 1. The largest absolute Gasteiger partial charge is 0.311 e. The molecule has 2 rings (SSSR count). The zero-order valence-corrected chi connectivity index (χ0v) is 8.45. The molecular weight excluding hydrogens is 170 g/mol. The first-order chi connectivity index (χ1) is 6.95. The quantitative estimate of drug-likeness (QED) is 0.582. The minimum Gasteiger partial charge on any atom is -0.0747 e. The molecule has 14 heavy (non-hydrogen) atoms.